The first kappa shape index (κ1) is 22.9. The average Bonchev–Trinajstić information content (AvgIpc) is 3.36. The molecule has 0 spiro atoms. The lowest BCUT2D eigenvalue weighted by molar-refractivity contribution is -0.126. The lowest BCUT2D eigenvalue weighted by atomic mass is 9.90. The number of aryl methyl sites for hydroxylation is 1. The van der Waals surface area contributed by atoms with Gasteiger partial charge in [-0.3, -0.25) is 14.4 Å². The molecule has 7 nitrogen and oxygen atoms in total. The molecule has 7 heteroatoms. The van der Waals surface area contributed by atoms with Crippen LogP contribution in [0.15, 0.2) is 72.8 Å². The van der Waals surface area contributed by atoms with E-state index >= 15 is 0 Å². The van der Waals surface area contributed by atoms with E-state index in [-0.39, 0.29) is 11.8 Å². The van der Waals surface area contributed by atoms with E-state index < -0.39 is 18.1 Å². The first-order valence-electron chi connectivity index (χ1n) is 11.8. The lowest BCUT2D eigenvalue weighted by Crippen LogP contribution is -2.37. The van der Waals surface area contributed by atoms with Crippen molar-refractivity contribution in [2.45, 2.75) is 26.0 Å². The molecule has 180 valence electrons. The van der Waals surface area contributed by atoms with E-state index in [9.17, 15) is 9.59 Å². The quantitative estimate of drug-likeness (QED) is 0.493. The number of hydrogen-bond donors (Lipinski definition) is 0. The van der Waals surface area contributed by atoms with E-state index in [4.69, 9.17) is 9.57 Å². The van der Waals surface area contributed by atoms with Crippen LogP contribution in [0.2, 0.25) is 0 Å². The van der Waals surface area contributed by atoms with Crippen LogP contribution < -0.4 is 19.6 Å². The molecule has 2 aliphatic rings. The van der Waals surface area contributed by atoms with Gasteiger partial charge in [0.1, 0.15) is 11.7 Å². The molecule has 3 aromatic carbocycles. The number of hydroxylamine groups is 1. The summed E-state index contributed by atoms with van der Waals surface area (Å²) >= 11 is 0. The third-order valence-electron chi connectivity index (χ3n) is 6.63. The van der Waals surface area contributed by atoms with Gasteiger partial charge in [0.15, 0.2) is 6.10 Å². The Kier molecular flexibility index (Phi) is 5.94. The van der Waals surface area contributed by atoms with Crippen LogP contribution in [0.4, 0.5) is 17.1 Å². The molecule has 3 atom stereocenters. The molecule has 0 aromatic heterocycles. The number of amides is 2. The molecule has 2 fully saturated rings. The molecular formula is C28H29N3O4. The normalized spacial score (nSPS) is 21.4. The second kappa shape index (κ2) is 9.07. The molecule has 5 rings (SSSR count). The summed E-state index contributed by atoms with van der Waals surface area (Å²) in [5.74, 6) is -0.590. The fraction of sp³-hybridized carbons (Fsp3) is 0.286. The Hall–Kier alpha value is -3.84. The van der Waals surface area contributed by atoms with Gasteiger partial charge in [-0.1, -0.05) is 30.3 Å². The van der Waals surface area contributed by atoms with Crippen molar-refractivity contribution >= 4 is 28.9 Å². The van der Waals surface area contributed by atoms with Crippen molar-refractivity contribution in [3.63, 3.8) is 0 Å². The minimum absolute atomic E-state index is 0.262. The highest BCUT2D eigenvalue weighted by Gasteiger charge is 2.60. The summed E-state index contributed by atoms with van der Waals surface area (Å²) < 4.78 is 5.50. The van der Waals surface area contributed by atoms with Crippen molar-refractivity contribution in [3.05, 3.63) is 83.9 Å². The molecule has 0 aliphatic carbocycles. The lowest BCUT2D eigenvalue weighted by Gasteiger charge is -2.30. The Morgan fingerprint density at radius 1 is 0.914 bits per heavy atom. The molecule has 0 radical (unpaired) electrons. The maximum absolute atomic E-state index is 13.8. The Morgan fingerprint density at radius 2 is 1.60 bits per heavy atom. The third kappa shape index (κ3) is 3.91. The number of para-hydroxylation sites is 1. The number of fused-ring (bicyclic) bond motifs is 1. The van der Waals surface area contributed by atoms with E-state index in [1.54, 1.807) is 29.3 Å². The molecule has 35 heavy (non-hydrogen) atoms. The number of ether oxygens (including phenoxy) is 1. The Morgan fingerprint density at radius 3 is 2.23 bits per heavy atom. The number of nitrogens with zero attached hydrogens (tertiary/aromatic N) is 3. The van der Waals surface area contributed by atoms with Crippen molar-refractivity contribution in [2.75, 3.05) is 35.6 Å². The predicted octanol–water partition coefficient (Wildman–Crippen LogP) is 4.51. The smallest absolute Gasteiger partial charge is 0.266 e. The van der Waals surface area contributed by atoms with Crippen LogP contribution in [0.25, 0.3) is 0 Å². The first-order valence-corrected chi connectivity index (χ1v) is 11.8. The van der Waals surface area contributed by atoms with Crippen LogP contribution in [0.1, 0.15) is 24.1 Å². The largest absolute Gasteiger partial charge is 0.494 e. The second-order valence-electron chi connectivity index (χ2n) is 9.03. The van der Waals surface area contributed by atoms with Gasteiger partial charge in [-0.05, 0) is 67.4 Å². The highest BCUT2D eigenvalue weighted by atomic mass is 16.7. The monoisotopic (exact) mass is 471 g/mol. The highest BCUT2D eigenvalue weighted by Crippen LogP contribution is 2.48. The molecule has 2 aliphatic heterocycles. The van der Waals surface area contributed by atoms with Crippen LogP contribution in [0.5, 0.6) is 5.75 Å². The maximum atomic E-state index is 13.8. The summed E-state index contributed by atoms with van der Waals surface area (Å²) in [5, 5.41) is 1.75. The Bertz CT molecular complexity index is 1240. The third-order valence-corrected chi connectivity index (χ3v) is 6.63. The molecule has 3 aromatic rings. The van der Waals surface area contributed by atoms with Crippen molar-refractivity contribution in [2.24, 2.45) is 5.92 Å². The van der Waals surface area contributed by atoms with Gasteiger partial charge < -0.3 is 9.64 Å². The van der Waals surface area contributed by atoms with Gasteiger partial charge in [0.25, 0.3) is 5.91 Å². The summed E-state index contributed by atoms with van der Waals surface area (Å²) in [4.78, 5) is 36.8. The number of hydrogen-bond acceptors (Lipinski definition) is 6. The summed E-state index contributed by atoms with van der Waals surface area (Å²) in [7, 11) is 3.97. The number of benzene rings is 3. The predicted molar refractivity (Wildman–Crippen MR) is 136 cm³/mol. The number of rotatable bonds is 6. The van der Waals surface area contributed by atoms with Gasteiger partial charge in [0.2, 0.25) is 5.91 Å². The van der Waals surface area contributed by atoms with Crippen molar-refractivity contribution < 1.29 is 19.2 Å². The number of carbonyl (C=O) groups excluding carboxylic acids is 2. The maximum Gasteiger partial charge on any atom is 0.266 e. The minimum Gasteiger partial charge on any atom is -0.494 e. The molecule has 0 unspecified atom stereocenters. The van der Waals surface area contributed by atoms with Gasteiger partial charge in [-0.25, -0.2) is 9.96 Å². The second-order valence-corrected chi connectivity index (χ2v) is 9.03. The van der Waals surface area contributed by atoms with E-state index in [0.717, 1.165) is 22.5 Å². The molecule has 2 heterocycles. The van der Waals surface area contributed by atoms with Crippen molar-refractivity contribution in [3.8, 4) is 5.75 Å². The summed E-state index contributed by atoms with van der Waals surface area (Å²) in [6.45, 7) is 4.45. The van der Waals surface area contributed by atoms with Gasteiger partial charge in [-0.15, -0.1) is 0 Å². The summed E-state index contributed by atoms with van der Waals surface area (Å²) in [6.07, 6.45) is -0.896. The highest BCUT2D eigenvalue weighted by molar-refractivity contribution is 6.24. The van der Waals surface area contributed by atoms with E-state index in [2.05, 4.69) is 0 Å². The number of imide groups is 1. The number of anilines is 3. The molecule has 2 saturated heterocycles. The zero-order chi connectivity index (χ0) is 24.7. The van der Waals surface area contributed by atoms with E-state index in [1.165, 1.54) is 4.90 Å². The van der Waals surface area contributed by atoms with Crippen LogP contribution in [-0.4, -0.2) is 38.6 Å². The zero-order valence-corrected chi connectivity index (χ0v) is 20.3. The van der Waals surface area contributed by atoms with Crippen molar-refractivity contribution in [1.82, 2.24) is 0 Å². The number of carbonyl (C=O) groups is 2. The average molecular weight is 472 g/mol. The van der Waals surface area contributed by atoms with Gasteiger partial charge in [0, 0.05) is 19.8 Å². The van der Waals surface area contributed by atoms with Gasteiger partial charge in [-0.2, -0.15) is 0 Å². The molecule has 0 bridgehead atoms. The van der Waals surface area contributed by atoms with E-state index in [1.807, 2.05) is 81.4 Å². The topological polar surface area (TPSA) is 62.3 Å². The van der Waals surface area contributed by atoms with Gasteiger partial charge in [0.05, 0.1) is 24.0 Å². The zero-order valence-electron chi connectivity index (χ0n) is 20.3. The SMILES string of the molecule is CCOc1ccc(N2C(=O)[C@H]3[C@H](ON(c4ccccc4C)[C@H]3c3ccc(N(C)C)cc3)C2=O)cc1. The van der Waals surface area contributed by atoms with Crippen molar-refractivity contribution in [1.29, 1.82) is 0 Å². The molecule has 0 saturated carbocycles. The fourth-order valence-corrected chi connectivity index (χ4v) is 4.86. The standard InChI is InChI=1S/C28H29N3O4/c1-5-34-22-16-14-21(15-17-22)30-27(32)24-25(19-10-12-20(13-11-19)29(3)4)31(35-26(24)28(30)33)23-9-7-6-8-18(23)2/h6-17,24-26H,5H2,1-4H3/t24-,25+,26+/m1/s1. The molecular weight excluding hydrogens is 442 g/mol. The molecule has 0 N–H and O–H groups in total. The Balaban J connectivity index is 1.54. The molecule has 2 amide bonds. The Labute approximate surface area is 205 Å². The van der Waals surface area contributed by atoms with Gasteiger partial charge >= 0.3 is 0 Å². The van der Waals surface area contributed by atoms with Crippen LogP contribution in [-0.2, 0) is 14.4 Å². The van der Waals surface area contributed by atoms with Crippen LogP contribution in [0.3, 0.4) is 0 Å². The summed E-state index contributed by atoms with van der Waals surface area (Å²) in [5.41, 5.74) is 4.34. The van der Waals surface area contributed by atoms with E-state index in [0.29, 0.717) is 18.0 Å². The first-order chi connectivity index (χ1) is 16.9. The van der Waals surface area contributed by atoms with Crippen LogP contribution >= 0.6 is 0 Å². The van der Waals surface area contributed by atoms with Crippen LogP contribution in [0, 0.1) is 12.8 Å². The minimum atomic E-state index is -0.896. The fourth-order valence-electron chi connectivity index (χ4n) is 4.86. The summed E-state index contributed by atoms with van der Waals surface area (Å²) in [6, 6.07) is 22.5.